The third-order valence-corrected chi connectivity index (χ3v) is 3.07. The van der Waals surface area contributed by atoms with Crippen LogP contribution in [-0.4, -0.2) is 17.6 Å². The molecule has 0 saturated heterocycles. The van der Waals surface area contributed by atoms with Crippen molar-refractivity contribution in [3.63, 3.8) is 0 Å². The molecule has 0 unspecified atom stereocenters. The molecular weight excluding hydrogens is 276 g/mol. The molecule has 0 aliphatic rings. The maximum Gasteiger partial charge on any atom is 0.341 e. The Morgan fingerprint density at radius 3 is 2.80 bits per heavy atom. The number of esters is 1. The van der Waals surface area contributed by atoms with Crippen molar-refractivity contribution < 1.29 is 9.53 Å². The van der Waals surface area contributed by atoms with Crippen molar-refractivity contribution in [3.05, 3.63) is 58.9 Å². The average Bonchev–Trinajstić information content (AvgIpc) is 2.47. The van der Waals surface area contributed by atoms with Gasteiger partial charge in [0, 0.05) is 0 Å². The molecule has 1 aromatic carbocycles. The molecule has 5 heteroatoms. The highest BCUT2D eigenvalue weighted by atomic mass is 35.5. The minimum absolute atomic E-state index is 0.104. The number of aryl methyl sites for hydroxylation is 1. The van der Waals surface area contributed by atoms with Crippen LogP contribution in [0.3, 0.4) is 0 Å². The van der Waals surface area contributed by atoms with E-state index in [4.69, 9.17) is 22.1 Å². The number of pyridine rings is 1. The van der Waals surface area contributed by atoms with Gasteiger partial charge in [-0.05, 0) is 24.5 Å². The Morgan fingerprint density at radius 2 is 2.05 bits per heavy atom. The second-order valence-corrected chi connectivity index (χ2v) is 4.69. The Morgan fingerprint density at radius 1 is 1.30 bits per heavy atom. The van der Waals surface area contributed by atoms with Crippen molar-refractivity contribution in [1.82, 2.24) is 4.98 Å². The lowest BCUT2D eigenvalue weighted by Crippen LogP contribution is -2.09. The van der Waals surface area contributed by atoms with E-state index in [1.807, 2.05) is 30.3 Å². The molecule has 104 valence electrons. The zero-order valence-electron chi connectivity index (χ0n) is 10.9. The van der Waals surface area contributed by atoms with Crippen LogP contribution in [0.25, 0.3) is 0 Å². The van der Waals surface area contributed by atoms with E-state index >= 15 is 0 Å². The zero-order chi connectivity index (χ0) is 14.4. The molecule has 2 rings (SSSR count). The summed E-state index contributed by atoms with van der Waals surface area (Å²) in [5.74, 6) is -0.497. The predicted octanol–water partition coefficient (Wildman–Crippen LogP) is 3.11. The van der Waals surface area contributed by atoms with E-state index in [0.717, 1.165) is 12.8 Å². The molecule has 0 saturated carbocycles. The lowest BCUT2D eigenvalue weighted by molar-refractivity contribution is 0.0500. The van der Waals surface area contributed by atoms with Crippen LogP contribution in [0.2, 0.25) is 5.15 Å². The number of carbonyl (C=O) groups excluding carboxylic acids is 1. The van der Waals surface area contributed by atoms with Crippen molar-refractivity contribution in [1.29, 1.82) is 0 Å². The second kappa shape index (κ2) is 6.91. The Bertz CT molecular complexity index is 588. The molecule has 1 aromatic heterocycles. The number of hydrogen-bond acceptors (Lipinski definition) is 4. The Hall–Kier alpha value is -2.07. The topological polar surface area (TPSA) is 65.2 Å². The summed E-state index contributed by atoms with van der Waals surface area (Å²) in [5.41, 5.74) is 7.36. The summed E-state index contributed by atoms with van der Waals surface area (Å²) in [5, 5.41) is 0.104. The van der Waals surface area contributed by atoms with Crippen LogP contribution in [0, 0.1) is 0 Å². The van der Waals surface area contributed by atoms with Gasteiger partial charge in [-0.2, -0.15) is 0 Å². The zero-order valence-corrected chi connectivity index (χ0v) is 11.6. The van der Waals surface area contributed by atoms with E-state index in [-0.39, 0.29) is 10.7 Å². The molecule has 1 heterocycles. The minimum atomic E-state index is -0.497. The summed E-state index contributed by atoms with van der Waals surface area (Å²) in [6.07, 6.45) is 3.01. The minimum Gasteiger partial charge on any atom is -0.462 e. The van der Waals surface area contributed by atoms with Crippen LogP contribution >= 0.6 is 11.6 Å². The van der Waals surface area contributed by atoms with Gasteiger partial charge in [-0.15, -0.1) is 0 Å². The van der Waals surface area contributed by atoms with Crippen LogP contribution in [-0.2, 0) is 11.2 Å². The molecule has 0 radical (unpaired) electrons. The molecule has 0 bridgehead atoms. The summed E-state index contributed by atoms with van der Waals surface area (Å²) in [7, 11) is 0. The number of hydrogen-bond donors (Lipinski definition) is 1. The van der Waals surface area contributed by atoms with Gasteiger partial charge in [0.2, 0.25) is 0 Å². The van der Waals surface area contributed by atoms with E-state index in [9.17, 15) is 4.79 Å². The lowest BCUT2D eigenvalue weighted by Gasteiger charge is -2.06. The largest absolute Gasteiger partial charge is 0.462 e. The molecule has 0 spiro atoms. The number of rotatable bonds is 5. The lowest BCUT2D eigenvalue weighted by atomic mass is 10.1. The number of ether oxygens (including phenoxy) is 1. The fourth-order valence-electron chi connectivity index (χ4n) is 1.77. The van der Waals surface area contributed by atoms with Gasteiger partial charge in [0.15, 0.2) is 0 Å². The molecule has 20 heavy (non-hydrogen) atoms. The maximum absolute atomic E-state index is 11.8. The second-order valence-electron chi connectivity index (χ2n) is 4.33. The molecule has 0 fully saturated rings. The highest BCUT2D eigenvalue weighted by Crippen LogP contribution is 2.16. The first kappa shape index (κ1) is 14.3. The third-order valence-electron chi connectivity index (χ3n) is 2.77. The van der Waals surface area contributed by atoms with Gasteiger partial charge in [-0.25, -0.2) is 9.78 Å². The highest BCUT2D eigenvalue weighted by molar-refractivity contribution is 6.32. The molecule has 0 aliphatic carbocycles. The monoisotopic (exact) mass is 290 g/mol. The third kappa shape index (κ3) is 3.96. The smallest absolute Gasteiger partial charge is 0.341 e. The fraction of sp³-hybridized carbons (Fsp3) is 0.200. The van der Waals surface area contributed by atoms with Crippen LogP contribution in [0.15, 0.2) is 42.6 Å². The number of nitrogen functional groups attached to an aromatic ring is 1. The Balaban J connectivity index is 1.82. The number of carbonyl (C=O) groups is 1. The summed E-state index contributed by atoms with van der Waals surface area (Å²) >= 11 is 5.83. The van der Waals surface area contributed by atoms with Crippen molar-refractivity contribution in [2.45, 2.75) is 12.8 Å². The summed E-state index contributed by atoms with van der Waals surface area (Å²) < 4.78 is 5.17. The summed E-state index contributed by atoms with van der Waals surface area (Å²) in [6.45, 7) is 0.332. The molecular formula is C15H15ClN2O2. The van der Waals surface area contributed by atoms with Gasteiger partial charge in [0.25, 0.3) is 0 Å². The van der Waals surface area contributed by atoms with E-state index in [1.165, 1.54) is 17.8 Å². The van der Waals surface area contributed by atoms with Gasteiger partial charge in [-0.3, -0.25) is 0 Å². The SMILES string of the molecule is Nc1cnc(Cl)c(C(=O)OCCCc2ccccc2)c1. The van der Waals surface area contributed by atoms with Crippen molar-refractivity contribution in [3.8, 4) is 0 Å². The predicted molar refractivity (Wildman–Crippen MR) is 78.7 cm³/mol. The number of aromatic nitrogens is 1. The van der Waals surface area contributed by atoms with E-state index < -0.39 is 5.97 Å². The van der Waals surface area contributed by atoms with Gasteiger partial charge in [0.05, 0.1) is 24.1 Å². The molecule has 4 nitrogen and oxygen atoms in total. The highest BCUT2D eigenvalue weighted by Gasteiger charge is 2.13. The van der Waals surface area contributed by atoms with Gasteiger partial charge < -0.3 is 10.5 Å². The first-order valence-corrected chi connectivity index (χ1v) is 6.66. The normalized spacial score (nSPS) is 10.2. The first-order valence-electron chi connectivity index (χ1n) is 6.29. The average molecular weight is 291 g/mol. The first-order chi connectivity index (χ1) is 9.66. The number of benzene rings is 1. The molecule has 0 aliphatic heterocycles. The quantitative estimate of drug-likeness (QED) is 0.522. The van der Waals surface area contributed by atoms with Crippen LogP contribution in [0.4, 0.5) is 5.69 Å². The van der Waals surface area contributed by atoms with Gasteiger partial charge in [0.1, 0.15) is 5.15 Å². The van der Waals surface area contributed by atoms with Gasteiger partial charge >= 0.3 is 5.97 Å². The van der Waals surface area contributed by atoms with Crippen LogP contribution in [0.5, 0.6) is 0 Å². The van der Waals surface area contributed by atoms with Crippen molar-refractivity contribution >= 4 is 23.3 Å². The standard InChI is InChI=1S/C15H15ClN2O2/c16-14-13(9-12(17)10-18-14)15(19)20-8-4-7-11-5-2-1-3-6-11/h1-3,5-6,9-10H,4,7-8,17H2. The van der Waals surface area contributed by atoms with Crippen molar-refractivity contribution in [2.75, 3.05) is 12.3 Å². The number of nitrogens with two attached hydrogens (primary N) is 1. The van der Waals surface area contributed by atoms with Crippen LogP contribution in [0.1, 0.15) is 22.3 Å². The molecule has 0 amide bonds. The van der Waals surface area contributed by atoms with E-state index in [1.54, 1.807) is 0 Å². The summed E-state index contributed by atoms with van der Waals surface area (Å²) in [4.78, 5) is 15.6. The molecule has 0 atom stereocenters. The summed E-state index contributed by atoms with van der Waals surface area (Å²) in [6, 6.07) is 11.5. The maximum atomic E-state index is 11.8. The number of anilines is 1. The number of halogens is 1. The number of nitrogens with zero attached hydrogens (tertiary/aromatic N) is 1. The fourth-order valence-corrected chi connectivity index (χ4v) is 1.95. The van der Waals surface area contributed by atoms with Crippen LogP contribution < -0.4 is 5.73 Å². The van der Waals surface area contributed by atoms with E-state index in [2.05, 4.69) is 4.98 Å². The van der Waals surface area contributed by atoms with Crippen molar-refractivity contribution in [2.24, 2.45) is 0 Å². The molecule has 2 N–H and O–H groups in total. The van der Waals surface area contributed by atoms with E-state index in [0.29, 0.717) is 12.3 Å². The van der Waals surface area contributed by atoms with Gasteiger partial charge in [-0.1, -0.05) is 41.9 Å². The Kier molecular flexibility index (Phi) is 4.96. The Labute approximate surface area is 122 Å². The molecule has 2 aromatic rings.